The predicted molar refractivity (Wildman–Crippen MR) is 65.1 cm³/mol. The molecule has 1 aromatic rings. The molecule has 2 heterocycles. The number of morpholine rings is 1. The minimum Gasteiger partial charge on any atom is -0.366 e. The fourth-order valence-corrected chi connectivity index (χ4v) is 2.47. The van der Waals surface area contributed by atoms with Crippen LogP contribution in [0, 0.1) is 0 Å². The van der Waals surface area contributed by atoms with Gasteiger partial charge in [-0.15, -0.1) is 0 Å². The van der Waals surface area contributed by atoms with Crippen LogP contribution in [0.4, 0.5) is 5.69 Å². The van der Waals surface area contributed by atoms with Gasteiger partial charge in [0, 0.05) is 25.3 Å². The van der Waals surface area contributed by atoms with Crippen LogP contribution in [0.2, 0.25) is 0 Å². The highest BCUT2D eigenvalue weighted by Crippen LogP contribution is 2.28. The number of hydrogen-bond donors (Lipinski definition) is 1. The smallest absolute Gasteiger partial charge is 0.257 e. The highest BCUT2D eigenvalue weighted by molar-refractivity contribution is 5.98. The van der Waals surface area contributed by atoms with E-state index in [0.717, 1.165) is 25.2 Å². The molecule has 4 heteroatoms. The summed E-state index contributed by atoms with van der Waals surface area (Å²) in [6.45, 7) is 2.85. The zero-order chi connectivity index (χ0) is 11.7. The molecule has 1 aromatic carbocycles. The Morgan fingerprint density at radius 3 is 3.12 bits per heavy atom. The van der Waals surface area contributed by atoms with Gasteiger partial charge in [-0.05, 0) is 18.1 Å². The molecule has 1 saturated heterocycles. The average molecular weight is 232 g/mol. The predicted octanol–water partition coefficient (Wildman–Crippen LogP) is 0.564. The molecule has 2 aliphatic heterocycles. The summed E-state index contributed by atoms with van der Waals surface area (Å²) in [7, 11) is 0. The molecule has 17 heavy (non-hydrogen) atoms. The van der Waals surface area contributed by atoms with Crippen molar-refractivity contribution >= 4 is 11.6 Å². The van der Waals surface area contributed by atoms with Crippen LogP contribution in [-0.2, 0) is 16.0 Å². The Morgan fingerprint density at radius 1 is 1.41 bits per heavy atom. The van der Waals surface area contributed by atoms with Crippen molar-refractivity contribution in [3.63, 3.8) is 0 Å². The number of nitrogens with zero attached hydrogens (tertiary/aromatic N) is 1. The molecule has 0 bridgehead atoms. The first kappa shape index (κ1) is 10.7. The summed E-state index contributed by atoms with van der Waals surface area (Å²) in [4.78, 5) is 14.2. The third-order valence-electron chi connectivity index (χ3n) is 3.36. The third-order valence-corrected chi connectivity index (χ3v) is 3.36. The average Bonchev–Trinajstić information content (AvgIpc) is 2.83. The van der Waals surface area contributed by atoms with Crippen LogP contribution >= 0.6 is 0 Å². The maximum absolute atomic E-state index is 12.3. The molecule has 1 amide bonds. The molecule has 1 N–H and O–H groups in total. The fraction of sp³-hybridized carbons (Fsp3) is 0.462. The van der Waals surface area contributed by atoms with Gasteiger partial charge in [-0.2, -0.15) is 0 Å². The first-order valence-electron chi connectivity index (χ1n) is 6.08. The van der Waals surface area contributed by atoms with Crippen LogP contribution in [-0.4, -0.2) is 38.3 Å². The molecule has 3 rings (SSSR count). The van der Waals surface area contributed by atoms with Crippen LogP contribution < -0.4 is 10.2 Å². The van der Waals surface area contributed by atoms with E-state index in [1.165, 1.54) is 5.56 Å². The van der Waals surface area contributed by atoms with Gasteiger partial charge >= 0.3 is 0 Å². The second-order valence-electron chi connectivity index (χ2n) is 4.43. The van der Waals surface area contributed by atoms with Gasteiger partial charge < -0.3 is 15.0 Å². The van der Waals surface area contributed by atoms with E-state index in [1.807, 2.05) is 23.1 Å². The standard InChI is InChI=1S/C13H16N2O2/c16-13(12-9-14-6-8-17-12)15-7-5-10-3-1-2-4-11(10)15/h1-4,12,14H,5-9H2. The molecule has 0 saturated carbocycles. The summed E-state index contributed by atoms with van der Waals surface area (Å²) in [6.07, 6.45) is 0.622. The number of hydrogen-bond acceptors (Lipinski definition) is 3. The Hall–Kier alpha value is -1.39. The summed E-state index contributed by atoms with van der Waals surface area (Å²) < 4.78 is 5.51. The normalized spacial score (nSPS) is 23.5. The van der Waals surface area contributed by atoms with Crippen molar-refractivity contribution in [2.24, 2.45) is 0 Å². The van der Waals surface area contributed by atoms with Crippen LogP contribution in [0.15, 0.2) is 24.3 Å². The van der Waals surface area contributed by atoms with Gasteiger partial charge in [0.05, 0.1) is 6.61 Å². The Morgan fingerprint density at radius 2 is 2.29 bits per heavy atom. The first-order valence-corrected chi connectivity index (χ1v) is 6.08. The molecule has 2 aliphatic rings. The van der Waals surface area contributed by atoms with Crippen molar-refractivity contribution in [2.75, 3.05) is 31.1 Å². The van der Waals surface area contributed by atoms with Crippen LogP contribution in [0.5, 0.6) is 0 Å². The number of para-hydroxylation sites is 1. The lowest BCUT2D eigenvalue weighted by molar-refractivity contribution is -0.131. The molecule has 0 aliphatic carbocycles. The number of benzene rings is 1. The molecular formula is C13H16N2O2. The molecule has 0 aromatic heterocycles. The van der Waals surface area contributed by atoms with Crippen molar-refractivity contribution in [3.8, 4) is 0 Å². The maximum Gasteiger partial charge on any atom is 0.257 e. The zero-order valence-corrected chi connectivity index (χ0v) is 9.69. The van der Waals surface area contributed by atoms with Crippen molar-refractivity contribution in [1.29, 1.82) is 0 Å². The molecule has 4 nitrogen and oxygen atoms in total. The van der Waals surface area contributed by atoms with Gasteiger partial charge in [-0.1, -0.05) is 18.2 Å². The first-order chi connectivity index (χ1) is 8.36. The van der Waals surface area contributed by atoms with E-state index in [4.69, 9.17) is 4.74 Å². The monoisotopic (exact) mass is 232 g/mol. The topological polar surface area (TPSA) is 41.6 Å². The lowest BCUT2D eigenvalue weighted by Gasteiger charge is -2.27. The molecule has 0 radical (unpaired) electrons. The molecule has 1 atom stereocenters. The van der Waals surface area contributed by atoms with E-state index < -0.39 is 0 Å². The SMILES string of the molecule is O=C(C1CNCCO1)N1CCc2ccccc21. The highest BCUT2D eigenvalue weighted by atomic mass is 16.5. The minimum absolute atomic E-state index is 0.0853. The van der Waals surface area contributed by atoms with E-state index >= 15 is 0 Å². The third kappa shape index (κ3) is 1.94. The Bertz CT molecular complexity index is 427. The van der Waals surface area contributed by atoms with Gasteiger partial charge in [0.25, 0.3) is 5.91 Å². The number of amides is 1. The number of carbonyl (C=O) groups is 1. The number of ether oxygens (including phenoxy) is 1. The zero-order valence-electron chi connectivity index (χ0n) is 9.69. The maximum atomic E-state index is 12.3. The van der Waals surface area contributed by atoms with E-state index in [1.54, 1.807) is 0 Å². The molecule has 90 valence electrons. The van der Waals surface area contributed by atoms with E-state index in [0.29, 0.717) is 13.2 Å². The Balaban J connectivity index is 1.79. The second-order valence-corrected chi connectivity index (χ2v) is 4.43. The summed E-state index contributed by atoms with van der Waals surface area (Å²) in [6, 6.07) is 8.09. The summed E-state index contributed by atoms with van der Waals surface area (Å²) in [5.41, 5.74) is 2.30. The quantitative estimate of drug-likeness (QED) is 0.769. The molecular weight excluding hydrogens is 216 g/mol. The largest absolute Gasteiger partial charge is 0.366 e. The second kappa shape index (κ2) is 4.47. The molecule has 1 unspecified atom stereocenters. The van der Waals surface area contributed by atoms with Gasteiger partial charge in [0.15, 0.2) is 0 Å². The Kier molecular flexibility index (Phi) is 2.82. The van der Waals surface area contributed by atoms with E-state index in [-0.39, 0.29) is 12.0 Å². The summed E-state index contributed by atoms with van der Waals surface area (Å²) in [5.74, 6) is 0.0853. The molecule has 0 spiro atoms. The fourth-order valence-electron chi connectivity index (χ4n) is 2.47. The molecule has 1 fully saturated rings. The highest BCUT2D eigenvalue weighted by Gasteiger charge is 2.31. The van der Waals surface area contributed by atoms with Gasteiger partial charge in [-0.25, -0.2) is 0 Å². The number of carbonyl (C=O) groups excluding carboxylic acids is 1. The van der Waals surface area contributed by atoms with Crippen LogP contribution in [0.3, 0.4) is 0 Å². The number of nitrogens with one attached hydrogen (secondary N) is 1. The van der Waals surface area contributed by atoms with Crippen LogP contribution in [0.1, 0.15) is 5.56 Å². The van der Waals surface area contributed by atoms with Crippen LogP contribution in [0.25, 0.3) is 0 Å². The van der Waals surface area contributed by atoms with Gasteiger partial charge in [0.1, 0.15) is 6.10 Å². The minimum atomic E-state index is -0.324. The van der Waals surface area contributed by atoms with Gasteiger partial charge in [0.2, 0.25) is 0 Å². The number of rotatable bonds is 1. The van der Waals surface area contributed by atoms with Crippen molar-refractivity contribution in [1.82, 2.24) is 5.32 Å². The lowest BCUT2D eigenvalue weighted by Crippen LogP contribution is -2.49. The Labute approximate surface area is 101 Å². The lowest BCUT2D eigenvalue weighted by atomic mass is 10.2. The van der Waals surface area contributed by atoms with Crippen molar-refractivity contribution < 1.29 is 9.53 Å². The van der Waals surface area contributed by atoms with Gasteiger partial charge in [-0.3, -0.25) is 4.79 Å². The van der Waals surface area contributed by atoms with Crippen molar-refractivity contribution in [3.05, 3.63) is 29.8 Å². The summed E-state index contributed by atoms with van der Waals surface area (Å²) >= 11 is 0. The van der Waals surface area contributed by atoms with E-state index in [9.17, 15) is 4.79 Å². The van der Waals surface area contributed by atoms with E-state index in [2.05, 4.69) is 11.4 Å². The summed E-state index contributed by atoms with van der Waals surface area (Å²) in [5, 5.41) is 3.19. The number of anilines is 1. The van der Waals surface area contributed by atoms with Crippen molar-refractivity contribution in [2.45, 2.75) is 12.5 Å². The number of fused-ring (bicyclic) bond motifs is 1.